The third kappa shape index (κ3) is 3.85. The molecule has 4 N–H and O–H groups in total. The SMILES string of the molecule is N#Cc1ccc(Cl)cc1OC(CCN)c1ccnc(N)c1. The first kappa shape index (κ1) is 15.1. The van der Waals surface area contributed by atoms with Crippen molar-refractivity contribution in [1.82, 2.24) is 4.98 Å². The summed E-state index contributed by atoms with van der Waals surface area (Å²) >= 11 is 5.96. The zero-order valence-electron chi connectivity index (χ0n) is 11.3. The summed E-state index contributed by atoms with van der Waals surface area (Å²) in [6.07, 6.45) is 1.88. The number of aromatic nitrogens is 1. The number of benzene rings is 1. The van der Waals surface area contributed by atoms with Gasteiger partial charge in [0.05, 0.1) is 5.56 Å². The van der Waals surface area contributed by atoms with Gasteiger partial charge in [-0.25, -0.2) is 4.98 Å². The van der Waals surface area contributed by atoms with Crippen LogP contribution >= 0.6 is 11.6 Å². The highest BCUT2D eigenvalue weighted by atomic mass is 35.5. The summed E-state index contributed by atoms with van der Waals surface area (Å²) in [7, 11) is 0. The molecular weight excluding hydrogens is 288 g/mol. The number of nitrogens with zero attached hydrogens (tertiary/aromatic N) is 2. The van der Waals surface area contributed by atoms with E-state index in [-0.39, 0.29) is 6.10 Å². The molecule has 2 aromatic rings. The molecule has 5 nitrogen and oxygen atoms in total. The lowest BCUT2D eigenvalue weighted by Crippen LogP contribution is -2.14. The fourth-order valence-electron chi connectivity index (χ4n) is 1.95. The highest BCUT2D eigenvalue weighted by Gasteiger charge is 2.16. The summed E-state index contributed by atoms with van der Waals surface area (Å²) < 4.78 is 5.93. The van der Waals surface area contributed by atoms with Crippen molar-refractivity contribution >= 4 is 17.4 Å². The molecule has 0 saturated carbocycles. The molecule has 2 rings (SSSR count). The Kier molecular flexibility index (Phi) is 4.99. The van der Waals surface area contributed by atoms with Gasteiger partial charge >= 0.3 is 0 Å². The Hall–Kier alpha value is -2.29. The summed E-state index contributed by atoms with van der Waals surface area (Å²) in [5.41, 5.74) is 12.6. The molecule has 1 atom stereocenters. The Bertz CT molecular complexity index is 669. The predicted octanol–water partition coefficient (Wildman–Crippen LogP) is 2.66. The zero-order chi connectivity index (χ0) is 15.2. The Morgan fingerprint density at radius 2 is 2.14 bits per heavy atom. The minimum absolute atomic E-state index is 0.314. The van der Waals surface area contributed by atoms with E-state index in [0.29, 0.717) is 35.1 Å². The third-order valence-electron chi connectivity index (χ3n) is 2.94. The van der Waals surface area contributed by atoms with E-state index in [1.54, 1.807) is 30.5 Å². The van der Waals surface area contributed by atoms with Crippen molar-refractivity contribution < 1.29 is 4.74 Å². The second kappa shape index (κ2) is 6.93. The Morgan fingerprint density at radius 1 is 1.33 bits per heavy atom. The number of hydrogen-bond donors (Lipinski definition) is 2. The van der Waals surface area contributed by atoms with Gasteiger partial charge in [0.1, 0.15) is 23.7 Å². The highest BCUT2D eigenvalue weighted by molar-refractivity contribution is 6.30. The van der Waals surface area contributed by atoms with Gasteiger partial charge in [-0.15, -0.1) is 0 Å². The molecule has 1 heterocycles. The van der Waals surface area contributed by atoms with E-state index in [0.717, 1.165) is 5.56 Å². The molecule has 21 heavy (non-hydrogen) atoms. The molecule has 108 valence electrons. The Balaban J connectivity index is 2.33. The van der Waals surface area contributed by atoms with Crippen molar-refractivity contribution in [3.05, 3.63) is 52.7 Å². The summed E-state index contributed by atoms with van der Waals surface area (Å²) in [5, 5.41) is 9.64. The van der Waals surface area contributed by atoms with E-state index < -0.39 is 0 Å². The molecule has 0 spiro atoms. The first-order chi connectivity index (χ1) is 10.1. The Labute approximate surface area is 128 Å². The van der Waals surface area contributed by atoms with Gasteiger partial charge in [-0.1, -0.05) is 11.6 Å². The quantitative estimate of drug-likeness (QED) is 0.884. The second-order valence-electron chi connectivity index (χ2n) is 4.45. The summed E-state index contributed by atoms with van der Waals surface area (Å²) in [5.74, 6) is 0.837. The van der Waals surface area contributed by atoms with E-state index in [2.05, 4.69) is 11.1 Å². The number of nitrogens with two attached hydrogens (primary N) is 2. The summed E-state index contributed by atoms with van der Waals surface area (Å²) in [4.78, 5) is 3.95. The van der Waals surface area contributed by atoms with Crippen molar-refractivity contribution in [2.75, 3.05) is 12.3 Å². The zero-order valence-corrected chi connectivity index (χ0v) is 12.0. The molecule has 0 radical (unpaired) electrons. The van der Waals surface area contributed by atoms with Crippen LogP contribution in [0, 0.1) is 11.3 Å². The molecule has 1 aromatic carbocycles. The van der Waals surface area contributed by atoms with Crippen LogP contribution in [0.3, 0.4) is 0 Å². The first-order valence-corrected chi connectivity index (χ1v) is 6.79. The van der Waals surface area contributed by atoms with Gasteiger partial charge in [0.15, 0.2) is 0 Å². The van der Waals surface area contributed by atoms with E-state index in [9.17, 15) is 0 Å². The third-order valence-corrected chi connectivity index (χ3v) is 3.17. The van der Waals surface area contributed by atoms with Gasteiger partial charge in [-0.05, 0) is 36.4 Å². The maximum absolute atomic E-state index is 9.14. The maximum Gasteiger partial charge on any atom is 0.139 e. The number of nitrogen functional groups attached to an aromatic ring is 1. The van der Waals surface area contributed by atoms with Gasteiger partial charge in [0, 0.05) is 23.7 Å². The van der Waals surface area contributed by atoms with Crippen LogP contribution in [0.1, 0.15) is 23.7 Å². The molecule has 6 heteroatoms. The highest BCUT2D eigenvalue weighted by Crippen LogP contribution is 2.29. The number of hydrogen-bond acceptors (Lipinski definition) is 5. The molecule has 1 unspecified atom stereocenters. The average Bonchev–Trinajstić information content (AvgIpc) is 2.47. The van der Waals surface area contributed by atoms with E-state index in [1.165, 1.54) is 0 Å². The average molecular weight is 303 g/mol. The number of pyridine rings is 1. The fourth-order valence-corrected chi connectivity index (χ4v) is 2.11. The van der Waals surface area contributed by atoms with Crippen molar-refractivity contribution in [1.29, 1.82) is 5.26 Å². The molecule has 0 amide bonds. The minimum atomic E-state index is -0.314. The van der Waals surface area contributed by atoms with Crippen molar-refractivity contribution in [2.24, 2.45) is 5.73 Å². The van der Waals surface area contributed by atoms with Crippen LogP contribution < -0.4 is 16.2 Å². The van der Waals surface area contributed by atoms with Crippen LogP contribution in [0.15, 0.2) is 36.5 Å². The van der Waals surface area contributed by atoms with Crippen molar-refractivity contribution in [3.63, 3.8) is 0 Å². The predicted molar refractivity (Wildman–Crippen MR) is 81.9 cm³/mol. The van der Waals surface area contributed by atoms with Gasteiger partial charge in [-0.3, -0.25) is 0 Å². The number of halogens is 1. The molecule has 0 aliphatic heterocycles. The maximum atomic E-state index is 9.14. The van der Waals surface area contributed by atoms with E-state index in [1.807, 2.05) is 6.07 Å². The largest absolute Gasteiger partial charge is 0.484 e. The molecule has 0 aliphatic rings. The van der Waals surface area contributed by atoms with Gasteiger partial charge < -0.3 is 16.2 Å². The van der Waals surface area contributed by atoms with Crippen LogP contribution in [0.4, 0.5) is 5.82 Å². The fraction of sp³-hybridized carbons (Fsp3) is 0.200. The summed E-state index contributed by atoms with van der Waals surface area (Å²) in [6.45, 7) is 0.440. The number of rotatable bonds is 5. The smallest absolute Gasteiger partial charge is 0.139 e. The Morgan fingerprint density at radius 3 is 2.81 bits per heavy atom. The molecular formula is C15H15ClN4O. The molecule has 0 fully saturated rings. The van der Waals surface area contributed by atoms with E-state index in [4.69, 9.17) is 33.1 Å². The van der Waals surface area contributed by atoms with Crippen LogP contribution in [0.2, 0.25) is 5.02 Å². The number of nitriles is 1. The van der Waals surface area contributed by atoms with Crippen LogP contribution in [0.25, 0.3) is 0 Å². The van der Waals surface area contributed by atoms with Crippen LogP contribution in [-0.2, 0) is 0 Å². The summed E-state index contributed by atoms with van der Waals surface area (Å²) in [6, 6.07) is 10.5. The second-order valence-corrected chi connectivity index (χ2v) is 4.89. The standard InChI is InChI=1S/C15H15ClN4O/c16-12-2-1-11(9-18)14(8-12)21-13(3-5-17)10-4-6-20-15(19)7-10/h1-2,4,6-8,13H,3,5,17H2,(H2,19,20). The van der Waals surface area contributed by atoms with Gasteiger partial charge in [0.25, 0.3) is 0 Å². The topological polar surface area (TPSA) is 97.9 Å². The monoisotopic (exact) mass is 302 g/mol. The number of ether oxygens (including phenoxy) is 1. The van der Waals surface area contributed by atoms with Crippen molar-refractivity contribution in [3.8, 4) is 11.8 Å². The minimum Gasteiger partial charge on any atom is -0.484 e. The number of anilines is 1. The van der Waals surface area contributed by atoms with Crippen LogP contribution in [0.5, 0.6) is 5.75 Å². The lowest BCUT2D eigenvalue weighted by atomic mass is 10.1. The normalized spacial score (nSPS) is 11.7. The molecule has 0 bridgehead atoms. The van der Waals surface area contributed by atoms with Gasteiger partial charge in [-0.2, -0.15) is 5.26 Å². The van der Waals surface area contributed by atoms with Gasteiger partial charge in [0.2, 0.25) is 0 Å². The van der Waals surface area contributed by atoms with E-state index >= 15 is 0 Å². The lowest BCUT2D eigenvalue weighted by molar-refractivity contribution is 0.197. The molecule has 0 saturated heterocycles. The van der Waals surface area contributed by atoms with Crippen molar-refractivity contribution in [2.45, 2.75) is 12.5 Å². The first-order valence-electron chi connectivity index (χ1n) is 6.42. The van der Waals surface area contributed by atoms with Crippen LogP contribution in [-0.4, -0.2) is 11.5 Å². The molecule has 1 aromatic heterocycles. The molecule has 0 aliphatic carbocycles. The lowest BCUT2D eigenvalue weighted by Gasteiger charge is -2.20.